The number of aryl methyl sites for hydroxylation is 1. The molecule has 1 heterocycles. The molecule has 174 valence electrons. The van der Waals surface area contributed by atoms with Crippen LogP contribution in [0.4, 0.5) is 4.39 Å². The minimum atomic E-state index is -1.15. The molecule has 0 aliphatic carbocycles. The fraction of sp³-hybridized carbons (Fsp3) is 0.182. The van der Waals surface area contributed by atoms with Crippen molar-refractivity contribution in [3.8, 4) is 17.4 Å². The van der Waals surface area contributed by atoms with Crippen LogP contribution in [0.1, 0.15) is 15.9 Å². The predicted octanol–water partition coefficient (Wildman–Crippen LogP) is 3.75. The largest absolute Gasteiger partial charge is 0.474 e. The molecule has 0 aliphatic rings. The third kappa shape index (κ3) is 6.23. The first-order valence-corrected chi connectivity index (χ1v) is 10.3. The molecule has 8 nitrogen and oxygen atoms in total. The Balaban J connectivity index is 1.96. The molecule has 0 fully saturated rings. The number of carbonyl (C=O) groups excluding carboxylic acids is 1. The summed E-state index contributed by atoms with van der Waals surface area (Å²) in [4.78, 5) is 16.9. The first-order valence-electron chi connectivity index (χ1n) is 9.53. The summed E-state index contributed by atoms with van der Waals surface area (Å²) in [6, 6.07) is 9.16. The fourth-order valence-electron chi connectivity index (χ4n) is 2.68. The van der Waals surface area contributed by atoms with Gasteiger partial charge in [-0.3, -0.25) is 4.79 Å². The van der Waals surface area contributed by atoms with Gasteiger partial charge in [-0.25, -0.2) is 9.38 Å². The van der Waals surface area contributed by atoms with Gasteiger partial charge in [-0.05, 0) is 42.8 Å². The molecular weight excluding hydrogens is 478 g/mol. The summed E-state index contributed by atoms with van der Waals surface area (Å²) < 4.78 is 25.1. The van der Waals surface area contributed by atoms with Crippen molar-refractivity contribution < 1.29 is 34.1 Å². The second-order valence-electron chi connectivity index (χ2n) is 6.91. The van der Waals surface area contributed by atoms with Crippen molar-refractivity contribution >= 4 is 29.1 Å². The minimum absolute atomic E-state index is 0.00739. The van der Waals surface area contributed by atoms with Gasteiger partial charge in [-0.2, -0.15) is 4.73 Å². The third-order valence-electron chi connectivity index (χ3n) is 4.36. The number of aromatic nitrogens is 1. The maximum Gasteiger partial charge on any atom is 0.281 e. The van der Waals surface area contributed by atoms with E-state index in [1.54, 1.807) is 6.92 Å². The number of ether oxygens (including phenoxy) is 2. The molecular formula is C22H19Cl2FN2O6. The monoisotopic (exact) mass is 496 g/mol. The summed E-state index contributed by atoms with van der Waals surface area (Å²) >= 11 is 12.2. The van der Waals surface area contributed by atoms with Crippen LogP contribution in [0.25, 0.3) is 0 Å². The van der Waals surface area contributed by atoms with E-state index in [4.69, 9.17) is 37.8 Å². The number of hydrogen-bond donors (Lipinski definition) is 3. The van der Waals surface area contributed by atoms with Crippen LogP contribution in [0.3, 0.4) is 0 Å². The number of carbonyl (C=O) groups is 1. The van der Waals surface area contributed by atoms with E-state index in [-0.39, 0.29) is 39.2 Å². The highest BCUT2D eigenvalue weighted by atomic mass is 35.5. The van der Waals surface area contributed by atoms with E-state index in [1.807, 2.05) is 0 Å². The Hall–Kier alpha value is -3.11. The van der Waals surface area contributed by atoms with Gasteiger partial charge in [0.15, 0.2) is 0 Å². The molecule has 3 rings (SSSR count). The van der Waals surface area contributed by atoms with E-state index in [2.05, 4.69) is 4.99 Å². The molecule has 1 atom stereocenters. The lowest BCUT2D eigenvalue weighted by atomic mass is 10.1. The highest BCUT2D eigenvalue weighted by Crippen LogP contribution is 2.35. The normalized spacial score (nSPS) is 12.5. The molecule has 3 N–H and O–H groups in total. The lowest BCUT2D eigenvalue weighted by Gasteiger charge is -2.13. The average Bonchev–Trinajstić information content (AvgIpc) is 2.77. The van der Waals surface area contributed by atoms with Crippen molar-refractivity contribution in [3.63, 3.8) is 0 Å². The predicted molar refractivity (Wildman–Crippen MR) is 118 cm³/mol. The Morgan fingerprint density at radius 1 is 1.15 bits per heavy atom. The zero-order valence-electron chi connectivity index (χ0n) is 17.2. The van der Waals surface area contributed by atoms with Gasteiger partial charge in [0.2, 0.25) is 5.88 Å². The molecule has 33 heavy (non-hydrogen) atoms. The summed E-state index contributed by atoms with van der Waals surface area (Å²) in [6.07, 6.45) is 0.0269. The summed E-state index contributed by atoms with van der Waals surface area (Å²) in [5.41, 5.74) is 0.492. The highest BCUT2D eigenvalue weighted by Gasteiger charge is 2.17. The number of aliphatic hydroxyl groups excluding tert-OH is 2. The Kier molecular flexibility index (Phi) is 7.93. The van der Waals surface area contributed by atoms with Gasteiger partial charge < -0.3 is 24.9 Å². The zero-order valence-corrected chi connectivity index (χ0v) is 18.7. The van der Waals surface area contributed by atoms with E-state index < -0.39 is 24.4 Å². The van der Waals surface area contributed by atoms with Crippen molar-refractivity contribution in [1.29, 1.82) is 0 Å². The fourth-order valence-corrected chi connectivity index (χ4v) is 2.99. The SMILES string of the molecule is Cc1cc(F)ccc1Oc1cc(Cl)c(Cl)cc1C(=O)N=c1ccn(O)c(OC[C@H](O)CO)c1. The van der Waals surface area contributed by atoms with Crippen LogP contribution in [-0.2, 0) is 0 Å². The van der Waals surface area contributed by atoms with Crippen molar-refractivity contribution in [2.24, 2.45) is 4.99 Å². The number of nitrogens with zero attached hydrogens (tertiary/aromatic N) is 2. The van der Waals surface area contributed by atoms with Gasteiger partial charge in [0.1, 0.15) is 30.0 Å². The molecule has 2 aromatic carbocycles. The summed E-state index contributed by atoms with van der Waals surface area (Å²) in [7, 11) is 0. The van der Waals surface area contributed by atoms with Crippen LogP contribution in [0.5, 0.6) is 17.4 Å². The zero-order chi connectivity index (χ0) is 24.1. The molecule has 0 saturated heterocycles. The van der Waals surface area contributed by atoms with E-state index in [9.17, 15) is 19.5 Å². The van der Waals surface area contributed by atoms with Crippen molar-refractivity contribution in [2.45, 2.75) is 13.0 Å². The second kappa shape index (κ2) is 10.7. The van der Waals surface area contributed by atoms with E-state index in [0.29, 0.717) is 16.0 Å². The lowest BCUT2D eigenvalue weighted by Crippen LogP contribution is -2.23. The van der Waals surface area contributed by atoms with Crippen LogP contribution in [-0.4, -0.2) is 45.4 Å². The number of pyridine rings is 1. The van der Waals surface area contributed by atoms with E-state index in [0.717, 1.165) is 0 Å². The minimum Gasteiger partial charge on any atom is -0.474 e. The van der Waals surface area contributed by atoms with Crippen molar-refractivity contribution in [1.82, 2.24) is 4.73 Å². The third-order valence-corrected chi connectivity index (χ3v) is 5.08. The number of hydrogen-bond acceptors (Lipinski definition) is 6. The average molecular weight is 497 g/mol. The van der Waals surface area contributed by atoms with Gasteiger partial charge in [0.05, 0.1) is 27.6 Å². The Morgan fingerprint density at radius 2 is 1.88 bits per heavy atom. The molecule has 1 amide bonds. The first-order chi connectivity index (χ1) is 15.7. The lowest BCUT2D eigenvalue weighted by molar-refractivity contribution is 0.0406. The Bertz CT molecular complexity index is 1250. The molecule has 0 unspecified atom stereocenters. The number of halogens is 3. The molecule has 0 bridgehead atoms. The molecule has 0 spiro atoms. The quantitative estimate of drug-likeness (QED) is 0.429. The van der Waals surface area contributed by atoms with Crippen molar-refractivity contribution in [2.75, 3.05) is 13.2 Å². The van der Waals surface area contributed by atoms with Crippen LogP contribution in [0.15, 0.2) is 53.7 Å². The van der Waals surface area contributed by atoms with Gasteiger partial charge in [0, 0.05) is 18.3 Å². The van der Waals surface area contributed by atoms with Gasteiger partial charge in [-0.1, -0.05) is 23.2 Å². The van der Waals surface area contributed by atoms with Gasteiger partial charge in [0.25, 0.3) is 5.91 Å². The molecule has 0 aliphatic heterocycles. The van der Waals surface area contributed by atoms with E-state index >= 15 is 0 Å². The van der Waals surface area contributed by atoms with Gasteiger partial charge >= 0.3 is 0 Å². The van der Waals surface area contributed by atoms with Gasteiger partial charge in [-0.15, -0.1) is 0 Å². The number of aliphatic hydroxyl groups is 2. The maximum atomic E-state index is 13.4. The van der Waals surface area contributed by atoms with Crippen molar-refractivity contribution in [3.05, 3.63) is 81.0 Å². The van der Waals surface area contributed by atoms with Crippen LogP contribution >= 0.6 is 23.2 Å². The summed E-state index contributed by atoms with van der Waals surface area (Å²) in [6.45, 7) is 0.822. The summed E-state index contributed by atoms with van der Waals surface area (Å²) in [5.74, 6) is -0.925. The number of rotatable bonds is 7. The van der Waals surface area contributed by atoms with E-state index in [1.165, 1.54) is 48.7 Å². The maximum absolute atomic E-state index is 13.4. The van der Waals surface area contributed by atoms with Crippen LogP contribution in [0, 0.1) is 12.7 Å². The molecule has 3 aromatic rings. The standard InChI is InChI=1S/C22H19Cl2FN2O6/c1-12-6-13(25)2-3-19(12)33-20-9-18(24)17(23)8-16(20)22(30)26-14-4-5-27(31)21(7-14)32-11-15(29)10-28/h2-9,15,28-29,31H,10-11H2,1H3/t15-/m1/s1. The van der Waals surface area contributed by atoms with Crippen LogP contribution < -0.4 is 14.8 Å². The summed E-state index contributed by atoms with van der Waals surface area (Å²) in [5, 5.41) is 28.5. The Morgan fingerprint density at radius 3 is 2.58 bits per heavy atom. The second-order valence-corrected chi connectivity index (χ2v) is 7.72. The smallest absolute Gasteiger partial charge is 0.281 e. The molecule has 0 radical (unpaired) electrons. The Labute approximate surface area is 197 Å². The molecule has 0 saturated carbocycles. The molecule has 1 aromatic heterocycles. The number of amides is 1. The highest BCUT2D eigenvalue weighted by molar-refractivity contribution is 6.42. The first kappa shape index (κ1) is 24.5. The topological polar surface area (TPSA) is 114 Å². The molecule has 11 heteroatoms. The number of benzene rings is 2. The van der Waals surface area contributed by atoms with Crippen LogP contribution in [0.2, 0.25) is 10.0 Å².